The van der Waals surface area contributed by atoms with Gasteiger partial charge in [0.1, 0.15) is 11.5 Å². The van der Waals surface area contributed by atoms with E-state index in [2.05, 4.69) is 4.98 Å². The predicted molar refractivity (Wildman–Crippen MR) is 80.3 cm³/mol. The molecule has 0 spiro atoms. The van der Waals surface area contributed by atoms with Crippen LogP contribution in [-0.4, -0.2) is 17.4 Å². The molecule has 2 aromatic rings. The van der Waals surface area contributed by atoms with Crippen molar-refractivity contribution < 1.29 is 4.79 Å². The monoisotopic (exact) mass is 270 g/mol. The predicted octanol–water partition coefficient (Wildman–Crippen LogP) is 1.79. The number of nitrogens with zero attached hydrogens (tertiary/aromatic N) is 2. The molecule has 0 atom stereocenters. The normalized spacial score (nSPS) is 10.2. The van der Waals surface area contributed by atoms with Crippen LogP contribution in [0.2, 0.25) is 0 Å². The number of aromatic nitrogens is 1. The molecular weight excluding hydrogens is 252 g/mol. The Hall–Kier alpha value is -2.56. The van der Waals surface area contributed by atoms with E-state index in [1.54, 1.807) is 12.1 Å². The van der Waals surface area contributed by atoms with Gasteiger partial charge in [-0.3, -0.25) is 4.79 Å². The van der Waals surface area contributed by atoms with Gasteiger partial charge in [-0.05, 0) is 30.7 Å². The number of carbonyl (C=O) groups is 1. The van der Waals surface area contributed by atoms with Crippen LogP contribution in [0.15, 0.2) is 42.5 Å². The van der Waals surface area contributed by atoms with Crippen molar-refractivity contribution in [3.05, 3.63) is 53.7 Å². The molecule has 1 amide bonds. The molecule has 0 saturated carbocycles. The van der Waals surface area contributed by atoms with Crippen LogP contribution in [0, 0.1) is 0 Å². The lowest BCUT2D eigenvalue weighted by molar-refractivity contribution is 0.0995. The Morgan fingerprint density at radius 2 is 1.95 bits per heavy atom. The minimum absolute atomic E-state index is 0.266. The van der Waals surface area contributed by atoms with Gasteiger partial charge in [0, 0.05) is 18.8 Å². The van der Waals surface area contributed by atoms with E-state index < -0.39 is 5.91 Å². The number of para-hydroxylation sites is 1. The summed E-state index contributed by atoms with van der Waals surface area (Å²) in [5.41, 5.74) is 13.3. The number of nitrogens with two attached hydrogens (primary N) is 2. The summed E-state index contributed by atoms with van der Waals surface area (Å²) < 4.78 is 0. The summed E-state index contributed by atoms with van der Waals surface area (Å²) in [6.07, 6.45) is 0. The average Bonchev–Trinajstić information content (AvgIpc) is 2.46. The summed E-state index contributed by atoms with van der Waals surface area (Å²) in [6.45, 7) is 3.42. The third-order valence-electron chi connectivity index (χ3n) is 3.11. The lowest BCUT2D eigenvalue weighted by atomic mass is 10.1. The average molecular weight is 270 g/mol. The van der Waals surface area contributed by atoms with Gasteiger partial charge in [-0.25, -0.2) is 4.98 Å². The molecule has 5 heteroatoms. The largest absolute Gasteiger partial charge is 0.398 e. The van der Waals surface area contributed by atoms with Crippen molar-refractivity contribution in [2.24, 2.45) is 5.73 Å². The molecule has 0 saturated heterocycles. The fraction of sp³-hybridized carbons (Fsp3) is 0.200. The number of primary amides is 1. The number of carbonyl (C=O) groups excluding carboxylic acids is 1. The van der Waals surface area contributed by atoms with E-state index in [4.69, 9.17) is 11.5 Å². The third kappa shape index (κ3) is 3.06. The van der Waals surface area contributed by atoms with Crippen molar-refractivity contribution in [3.8, 4) is 0 Å². The summed E-state index contributed by atoms with van der Waals surface area (Å²) in [4.78, 5) is 17.5. The van der Waals surface area contributed by atoms with Crippen LogP contribution >= 0.6 is 0 Å². The Balaban J connectivity index is 2.26. The van der Waals surface area contributed by atoms with Crippen LogP contribution in [0.25, 0.3) is 0 Å². The summed E-state index contributed by atoms with van der Waals surface area (Å²) in [6, 6.07) is 12.9. The Morgan fingerprint density at radius 3 is 2.60 bits per heavy atom. The van der Waals surface area contributed by atoms with Gasteiger partial charge in [-0.15, -0.1) is 0 Å². The smallest absolute Gasteiger partial charge is 0.267 e. The Kier molecular flexibility index (Phi) is 4.20. The van der Waals surface area contributed by atoms with E-state index >= 15 is 0 Å². The van der Waals surface area contributed by atoms with Crippen molar-refractivity contribution in [2.75, 3.05) is 17.2 Å². The van der Waals surface area contributed by atoms with Gasteiger partial charge >= 0.3 is 0 Å². The molecule has 1 aromatic heterocycles. The van der Waals surface area contributed by atoms with E-state index in [1.807, 2.05) is 42.2 Å². The number of nitrogen functional groups attached to an aromatic ring is 1. The molecule has 0 aliphatic carbocycles. The van der Waals surface area contributed by atoms with Crippen LogP contribution in [0.1, 0.15) is 23.0 Å². The minimum atomic E-state index is -0.526. The Labute approximate surface area is 118 Å². The lowest BCUT2D eigenvalue weighted by Crippen LogP contribution is -2.25. The summed E-state index contributed by atoms with van der Waals surface area (Å²) in [7, 11) is 0. The molecule has 0 aliphatic heterocycles. The second-order valence-electron chi connectivity index (χ2n) is 4.46. The van der Waals surface area contributed by atoms with Crippen LogP contribution < -0.4 is 16.4 Å². The fourth-order valence-electron chi connectivity index (χ4n) is 1.98. The minimum Gasteiger partial charge on any atom is -0.398 e. The third-order valence-corrected chi connectivity index (χ3v) is 3.11. The summed E-state index contributed by atoms with van der Waals surface area (Å²) in [5.74, 6) is 0.189. The van der Waals surface area contributed by atoms with Gasteiger partial charge in [0.25, 0.3) is 5.91 Å². The maximum absolute atomic E-state index is 11.2. The van der Waals surface area contributed by atoms with E-state index in [1.165, 1.54) is 0 Å². The van der Waals surface area contributed by atoms with Crippen LogP contribution in [0.5, 0.6) is 0 Å². The number of pyridine rings is 1. The van der Waals surface area contributed by atoms with Crippen molar-refractivity contribution in [3.63, 3.8) is 0 Å². The maximum atomic E-state index is 11.2. The molecule has 1 aromatic carbocycles. The first-order valence-electron chi connectivity index (χ1n) is 6.47. The van der Waals surface area contributed by atoms with Gasteiger partial charge in [-0.2, -0.15) is 0 Å². The second-order valence-corrected chi connectivity index (χ2v) is 4.46. The number of amides is 1. The molecule has 0 bridgehead atoms. The first kappa shape index (κ1) is 13.9. The van der Waals surface area contributed by atoms with Gasteiger partial charge < -0.3 is 16.4 Å². The first-order chi connectivity index (χ1) is 9.61. The first-order valence-corrected chi connectivity index (χ1v) is 6.47. The SMILES string of the molecule is CCN(Cc1ccccc1N)c1cccc(C(N)=O)n1. The molecule has 104 valence electrons. The van der Waals surface area contributed by atoms with Crippen molar-refractivity contribution in [2.45, 2.75) is 13.5 Å². The van der Waals surface area contributed by atoms with Crippen LogP contribution in [0.4, 0.5) is 11.5 Å². The van der Waals surface area contributed by atoms with Crippen molar-refractivity contribution in [1.29, 1.82) is 0 Å². The summed E-state index contributed by atoms with van der Waals surface area (Å²) >= 11 is 0. The van der Waals surface area contributed by atoms with E-state index in [9.17, 15) is 4.79 Å². The molecular formula is C15H18N4O. The number of rotatable bonds is 5. The topological polar surface area (TPSA) is 85.2 Å². The number of anilines is 2. The standard InChI is InChI=1S/C15H18N4O/c1-2-19(10-11-6-3-4-7-12(11)16)14-9-5-8-13(18-14)15(17)20/h3-9H,2,10,16H2,1H3,(H2,17,20). The van der Waals surface area contributed by atoms with Gasteiger partial charge in [0.15, 0.2) is 0 Å². The van der Waals surface area contributed by atoms with E-state index in [-0.39, 0.29) is 5.69 Å². The zero-order chi connectivity index (χ0) is 14.5. The number of benzene rings is 1. The Morgan fingerprint density at radius 1 is 1.20 bits per heavy atom. The quantitative estimate of drug-likeness (QED) is 0.811. The van der Waals surface area contributed by atoms with Gasteiger partial charge in [0.05, 0.1) is 0 Å². The van der Waals surface area contributed by atoms with Crippen LogP contribution in [0.3, 0.4) is 0 Å². The molecule has 2 rings (SSSR count). The highest BCUT2D eigenvalue weighted by molar-refractivity contribution is 5.91. The highest BCUT2D eigenvalue weighted by Gasteiger charge is 2.10. The molecule has 5 nitrogen and oxygen atoms in total. The highest BCUT2D eigenvalue weighted by Crippen LogP contribution is 2.18. The number of hydrogen-bond acceptors (Lipinski definition) is 4. The van der Waals surface area contributed by atoms with Crippen molar-refractivity contribution in [1.82, 2.24) is 4.98 Å². The zero-order valence-electron chi connectivity index (χ0n) is 11.4. The highest BCUT2D eigenvalue weighted by atomic mass is 16.1. The molecule has 4 N–H and O–H groups in total. The maximum Gasteiger partial charge on any atom is 0.267 e. The van der Waals surface area contributed by atoms with Crippen LogP contribution in [-0.2, 0) is 6.54 Å². The molecule has 20 heavy (non-hydrogen) atoms. The molecule has 0 unspecified atom stereocenters. The molecule has 1 heterocycles. The van der Waals surface area contributed by atoms with Crippen molar-refractivity contribution >= 4 is 17.4 Å². The zero-order valence-corrected chi connectivity index (χ0v) is 11.4. The van der Waals surface area contributed by atoms with Gasteiger partial charge in [0.2, 0.25) is 0 Å². The lowest BCUT2D eigenvalue weighted by Gasteiger charge is -2.23. The van der Waals surface area contributed by atoms with E-state index in [0.29, 0.717) is 12.4 Å². The molecule has 0 radical (unpaired) electrons. The van der Waals surface area contributed by atoms with Gasteiger partial charge in [-0.1, -0.05) is 24.3 Å². The molecule has 0 fully saturated rings. The Bertz CT molecular complexity index is 612. The van der Waals surface area contributed by atoms with E-state index in [0.717, 1.165) is 17.8 Å². The molecule has 0 aliphatic rings. The summed E-state index contributed by atoms with van der Waals surface area (Å²) in [5, 5.41) is 0. The second kappa shape index (κ2) is 6.06. The number of hydrogen-bond donors (Lipinski definition) is 2. The fourth-order valence-corrected chi connectivity index (χ4v) is 1.98.